The van der Waals surface area contributed by atoms with E-state index in [1.54, 1.807) is 18.0 Å². The van der Waals surface area contributed by atoms with Crippen LogP contribution in [0.3, 0.4) is 0 Å². The van der Waals surface area contributed by atoms with Gasteiger partial charge in [-0.15, -0.1) is 0 Å². The highest BCUT2D eigenvalue weighted by atomic mass is 16.5. The first-order chi connectivity index (χ1) is 10.2. The first kappa shape index (κ1) is 16.6. The third-order valence-corrected chi connectivity index (χ3v) is 3.45. The van der Waals surface area contributed by atoms with Crippen LogP contribution in [0.15, 0.2) is 6.20 Å². The number of likely N-dealkylation sites (N-methyl/N-ethyl adjacent to an activating group) is 1. The van der Waals surface area contributed by atoms with Crippen LogP contribution in [0, 0.1) is 0 Å². The van der Waals surface area contributed by atoms with Crippen molar-refractivity contribution in [3.8, 4) is 0 Å². The summed E-state index contributed by atoms with van der Waals surface area (Å²) in [4.78, 5) is 11.3. The summed E-state index contributed by atoms with van der Waals surface area (Å²) < 4.78 is 6.73. The summed E-state index contributed by atoms with van der Waals surface area (Å²) >= 11 is 0. The highest BCUT2D eigenvalue weighted by Gasteiger charge is 2.23. The smallest absolute Gasteiger partial charge is 0.163 e. The zero-order valence-electron chi connectivity index (χ0n) is 14.2. The molecule has 0 amide bonds. The molecule has 2 aromatic rings. The SMILES string of the molecule is COC[C@@H](O)CN(C)c1nc(C(C)(C)C)nc2c1cnn2C. The van der Waals surface area contributed by atoms with E-state index in [-0.39, 0.29) is 12.0 Å². The van der Waals surface area contributed by atoms with E-state index in [9.17, 15) is 5.11 Å². The molecule has 0 aliphatic heterocycles. The molecule has 0 aliphatic carbocycles. The third-order valence-electron chi connectivity index (χ3n) is 3.45. The molecular formula is C15H25N5O2. The Balaban J connectivity index is 2.47. The number of hydrogen-bond donors (Lipinski definition) is 1. The number of anilines is 1. The van der Waals surface area contributed by atoms with Crippen molar-refractivity contribution in [1.82, 2.24) is 19.7 Å². The van der Waals surface area contributed by atoms with Gasteiger partial charge in [-0.2, -0.15) is 5.10 Å². The molecule has 0 fully saturated rings. The van der Waals surface area contributed by atoms with Crippen molar-refractivity contribution in [2.45, 2.75) is 32.3 Å². The number of aliphatic hydroxyl groups excluding tert-OH is 1. The van der Waals surface area contributed by atoms with Gasteiger partial charge >= 0.3 is 0 Å². The molecule has 0 aromatic carbocycles. The number of aliphatic hydroxyl groups is 1. The minimum atomic E-state index is -0.574. The first-order valence-electron chi connectivity index (χ1n) is 7.32. The predicted octanol–water partition coefficient (Wildman–Crippen LogP) is 1.10. The molecule has 1 atom stereocenters. The minimum Gasteiger partial charge on any atom is -0.389 e. The van der Waals surface area contributed by atoms with Crippen LogP contribution in [-0.2, 0) is 17.2 Å². The lowest BCUT2D eigenvalue weighted by molar-refractivity contribution is 0.0694. The van der Waals surface area contributed by atoms with Crippen LogP contribution in [0.1, 0.15) is 26.6 Å². The molecule has 0 spiro atoms. The summed E-state index contributed by atoms with van der Waals surface area (Å²) in [7, 11) is 5.34. The fourth-order valence-electron chi connectivity index (χ4n) is 2.28. The average molecular weight is 307 g/mol. The summed E-state index contributed by atoms with van der Waals surface area (Å²) in [5.41, 5.74) is 0.627. The molecule has 0 bridgehead atoms. The van der Waals surface area contributed by atoms with Gasteiger partial charge in [-0.1, -0.05) is 20.8 Å². The van der Waals surface area contributed by atoms with E-state index in [2.05, 4.69) is 30.9 Å². The molecule has 122 valence electrons. The van der Waals surface area contributed by atoms with E-state index in [0.717, 1.165) is 22.7 Å². The number of aromatic nitrogens is 4. The van der Waals surface area contributed by atoms with Crippen LogP contribution in [0.2, 0.25) is 0 Å². The van der Waals surface area contributed by atoms with Gasteiger partial charge in [0.25, 0.3) is 0 Å². The number of ether oxygens (including phenoxy) is 1. The number of fused-ring (bicyclic) bond motifs is 1. The monoisotopic (exact) mass is 307 g/mol. The Bertz CT molecular complexity index is 647. The van der Waals surface area contributed by atoms with E-state index in [1.165, 1.54) is 0 Å². The topological polar surface area (TPSA) is 76.3 Å². The number of nitrogens with zero attached hydrogens (tertiary/aromatic N) is 5. The standard InChI is InChI=1S/C15H25N5O2/c1-15(2,3)14-17-12(19(4)8-10(21)9-22-6)11-7-16-20(5)13(11)18-14/h7,10,21H,8-9H2,1-6H3/t10-/m0/s1. The Morgan fingerprint density at radius 1 is 1.36 bits per heavy atom. The van der Waals surface area contributed by atoms with E-state index < -0.39 is 6.10 Å². The quantitative estimate of drug-likeness (QED) is 0.891. The molecule has 7 heteroatoms. The van der Waals surface area contributed by atoms with Crippen molar-refractivity contribution >= 4 is 16.9 Å². The Morgan fingerprint density at radius 3 is 2.64 bits per heavy atom. The van der Waals surface area contributed by atoms with Crippen molar-refractivity contribution in [2.24, 2.45) is 7.05 Å². The number of methoxy groups -OCH3 is 1. The highest BCUT2D eigenvalue weighted by Crippen LogP contribution is 2.27. The maximum Gasteiger partial charge on any atom is 0.163 e. The van der Waals surface area contributed by atoms with Crippen LogP contribution in [0.4, 0.5) is 5.82 Å². The van der Waals surface area contributed by atoms with Gasteiger partial charge in [0.05, 0.1) is 24.3 Å². The number of aryl methyl sites for hydroxylation is 1. The van der Waals surface area contributed by atoms with Gasteiger partial charge in [0.15, 0.2) is 5.65 Å². The molecule has 2 heterocycles. The fourth-order valence-corrected chi connectivity index (χ4v) is 2.28. The van der Waals surface area contributed by atoms with Gasteiger partial charge in [0, 0.05) is 33.2 Å². The minimum absolute atomic E-state index is 0.167. The molecule has 0 saturated carbocycles. The number of hydrogen-bond acceptors (Lipinski definition) is 6. The lowest BCUT2D eigenvalue weighted by Gasteiger charge is -2.24. The van der Waals surface area contributed by atoms with Crippen molar-refractivity contribution in [1.29, 1.82) is 0 Å². The van der Waals surface area contributed by atoms with E-state index in [1.807, 2.05) is 19.0 Å². The molecule has 2 rings (SSSR count). The van der Waals surface area contributed by atoms with E-state index in [4.69, 9.17) is 9.72 Å². The van der Waals surface area contributed by atoms with Gasteiger partial charge in [-0.25, -0.2) is 9.97 Å². The van der Waals surface area contributed by atoms with Crippen LogP contribution < -0.4 is 4.90 Å². The molecular weight excluding hydrogens is 282 g/mol. The highest BCUT2D eigenvalue weighted by molar-refractivity contribution is 5.86. The molecule has 1 N–H and O–H groups in total. The molecule has 22 heavy (non-hydrogen) atoms. The Labute approximate surface area is 130 Å². The average Bonchev–Trinajstić information content (AvgIpc) is 2.79. The normalized spacial score (nSPS) is 13.6. The zero-order chi connectivity index (χ0) is 16.5. The van der Waals surface area contributed by atoms with Gasteiger partial charge in [-0.3, -0.25) is 4.68 Å². The fraction of sp³-hybridized carbons (Fsp3) is 0.667. The molecule has 2 aromatic heterocycles. The largest absolute Gasteiger partial charge is 0.389 e. The summed E-state index contributed by atoms with van der Waals surface area (Å²) in [6.07, 6.45) is 1.19. The second-order valence-corrected chi connectivity index (χ2v) is 6.62. The lowest BCUT2D eigenvalue weighted by Crippen LogP contribution is -2.33. The van der Waals surface area contributed by atoms with E-state index >= 15 is 0 Å². The zero-order valence-corrected chi connectivity index (χ0v) is 14.2. The third kappa shape index (κ3) is 3.36. The lowest BCUT2D eigenvalue weighted by atomic mass is 9.95. The van der Waals surface area contributed by atoms with Crippen molar-refractivity contribution in [2.75, 3.05) is 32.2 Å². The second-order valence-electron chi connectivity index (χ2n) is 6.62. The predicted molar refractivity (Wildman–Crippen MR) is 86.2 cm³/mol. The molecule has 0 unspecified atom stereocenters. The summed E-state index contributed by atoms with van der Waals surface area (Å²) in [5.74, 6) is 1.53. The van der Waals surface area contributed by atoms with Crippen molar-refractivity contribution < 1.29 is 9.84 Å². The Morgan fingerprint density at radius 2 is 2.05 bits per heavy atom. The summed E-state index contributed by atoms with van der Waals surface area (Å²) in [5, 5.41) is 15.1. The van der Waals surface area contributed by atoms with Gasteiger partial charge in [0.1, 0.15) is 11.6 Å². The van der Waals surface area contributed by atoms with Crippen LogP contribution in [0.5, 0.6) is 0 Å². The van der Waals surface area contributed by atoms with Crippen LogP contribution in [-0.4, -0.2) is 58.3 Å². The van der Waals surface area contributed by atoms with Crippen LogP contribution >= 0.6 is 0 Å². The van der Waals surface area contributed by atoms with Gasteiger partial charge in [-0.05, 0) is 0 Å². The molecule has 0 aliphatic rings. The maximum atomic E-state index is 9.96. The Kier molecular flexibility index (Phi) is 4.67. The molecule has 7 nitrogen and oxygen atoms in total. The molecule has 0 saturated heterocycles. The summed E-state index contributed by atoms with van der Waals surface area (Å²) in [6.45, 7) is 6.95. The maximum absolute atomic E-state index is 9.96. The summed E-state index contributed by atoms with van der Waals surface area (Å²) in [6, 6.07) is 0. The number of rotatable bonds is 5. The van der Waals surface area contributed by atoms with E-state index in [0.29, 0.717) is 6.54 Å². The van der Waals surface area contributed by atoms with Crippen LogP contribution in [0.25, 0.3) is 11.0 Å². The van der Waals surface area contributed by atoms with Gasteiger partial charge in [0.2, 0.25) is 0 Å². The molecule has 0 radical (unpaired) electrons. The first-order valence-corrected chi connectivity index (χ1v) is 7.32. The van der Waals surface area contributed by atoms with Crippen molar-refractivity contribution in [3.63, 3.8) is 0 Å². The van der Waals surface area contributed by atoms with Gasteiger partial charge < -0.3 is 14.7 Å². The second kappa shape index (κ2) is 6.18. The van der Waals surface area contributed by atoms with Crippen molar-refractivity contribution in [3.05, 3.63) is 12.0 Å². The Hall–Kier alpha value is -1.73.